The lowest BCUT2D eigenvalue weighted by Gasteiger charge is -2.20. The topological polar surface area (TPSA) is 103 Å². The molecule has 0 saturated carbocycles. The summed E-state index contributed by atoms with van der Waals surface area (Å²) in [4.78, 5) is 12.3. The van der Waals surface area contributed by atoms with E-state index in [0.29, 0.717) is 11.1 Å². The Morgan fingerprint density at radius 3 is 2.33 bits per heavy atom. The van der Waals surface area contributed by atoms with E-state index in [-0.39, 0.29) is 25.5 Å². The van der Waals surface area contributed by atoms with Crippen molar-refractivity contribution in [1.29, 1.82) is 5.26 Å². The summed E-state index contributed by atoms with van der Waals surface area (Å²) in [5, 5.41) is 32.7. The van der Waals surface area contributed by atoms with Gasteiger partial charge in [-0.3, -0.25) is 0 Å². The maximum Gasteiger partial charge on any atom is 0.407 e. The molecule has 0 bridgehead atoms. The van der Waals surface area contributed by atoms with Gasteiger partial charge in [0.15, 0.2) is 0 Å². The Morgan fingerprint density at radius 1 is 1.06 bits per heavy atom. The number of nitriles is 1. The molecule has 0 saturated heterocycles. The highest BCUT2D eigenvalue weighted by molar-refractivity contribution is 5.79. The Labute approximate surface area is 193 Å². The van der Waals surface area contributed by atoms with Gasteiger partial charge >= 0.3 is 6.09 Å². The zero-order valence-electron chi connectivity index (χ0n) is 18.4. The number of amides is 1. The van der Waals surface area contributed by atoms with Gasteiger partial charge in [0, 0.05) is 18.0 Å². The molecular weight excluding hydrogens is 416 g/mol. The summed E-state index contributed by atoms with van der Waals surface area (Å²) in [7, 11) is 0. The van der Waals surface area contributed by atoms with Crippen LogP contribution in [0.25, 0.3) is 11.1 Å². The minimum atomic E-state index is -1.22. The van der Waals surface area contributed by atoms with Gasteiger partial charge in [-0.2, -0.15) is 5.26 Å². The third-order valence-corrected chi connectivity index (χ3v) is 6.06. The molecule has 2 atom stereocenters. The first-order valence-electron chi connectivity index (χ1n) is 10.9. The number of ether oxygens (including phenoxy) is 1. The molecule has 1 aliphatic carbocycles. The van der Waals surface area contributed by atoms with Crippen molar-refractivity contribution in [1.82, 2.24) is 5.32 Å². The summed E-state index contributed by atoms with van der Waals surface area (Å²) < 4.78 is 5.48. The van der Waals surface area contributed by atoms with Gasteiger partial charge in [0.05, 0.1) is 17.7 Å². The molecule has 2 unspecified atom stereocenters. The highest BCUT2D eigenvalue weighted by Crippen LogP contribution is 2.44. The van der Waals surface area contributed by atoms with E-state index in [1.54, 1.807) is 18.2 Å². The average Bonchev–Trinajstić information content (AvgIpc) is 3.16. The van der Waals surface area contributed by atoms with E-state index >= 15 is 0 Å². The van der Waals surface area contributed by atoms with Gasteiger partial charge in [-0.25, -0.2) is 4.79 Å². The van der Waals surface area contributed by atoms with Crippen LogP contribution in [-0.2, 0) is 4.74 Å². The molecule has 4 rings (SSSR count). The number of hydrogen-bond acceptors (Lipinski definition) is 5. The fraction of sp³-hybridized carbons (Fsp3) is 0.259. The summed E-state index contributed by atoms with van der Waals surface area (Å²) in [5.41, 5.74) is 6.17. The molecule has 168 valence electrons. The molecule has 0 spiro atoms. The minimum absolute atomic E-state index is 0.0266. The Balaban J connectivity index is 1.30. The van der Waals surface area contributed by atoms with Gasteiger partial charge in [0.25, 0.3) is 0 Å². The highest BCUT2D eigenvalue weighted by Gasteiger charge is 2.29. The summed E-state index contributed by atoms with van der Waals surface area (Å²) in [5.74, 6) is -0.0266. The second-order valence-corrected chi connectivity index (χ2v) is 8.26. The molecule has 0 fully saturated rings. The maximum absolute atomic E-state index is 12.3. The third kappa shape index (κ3) is 4.75. The quantitative estimate of drug-likeness (QED) is 0.509. The van der Waals surface area contributed by atoms with Crippen LogP contribution >= 0.6 is 0 Å². The SMILES string of the molecule is Cc1ccc(C#N)c(C(O)C(O)CCNC(=O)OCC2c3ccccc3-c3ccccc32)c1. The van der Waals surface area contributed by atoms with Crippen LogP contribution < -0.4 is 5.32 Å². The minimum Gasteiger partial charge on any atom is -0.449 e. The average molecular weight is 443 g/mol. The van der Waals surface area contributed by atoms with Crippen LogP contribution in [0.1, 0.15) is 46.3 Å². The zero-order chi connectivity index (χ0) is 23.4. The number of rotatable bonds is 7. The van der Waals surface area contributed by atoms with Gasteiger partial charge in [-0.1, -0.05) is 66.2 Å². The highest BCUT2D eigenvalue weighted by atomic mass is 16.5. The van der Waals surface area contributed by atoms with Gasteiger partial charge in [0.2, 0.25) is 0 Å². The predicted octanol–water partition coefficient (Wildman–Crippen LogP) is 4.19. The first kappa shape index (κ1) is 22.5. The maximum atomic E-state index is 12.3. The van der Waals surface area contributed by atoms with Gasteiger partial charge in [0.1, 0.15) is 12.7 Å². The first-order chi connectivity index (χ1) is 16.0. The Kier molecular flexibility index (Phi) is 6.74. The molecule has 6 heteroatoms. The van der Waals surface area contributed by atoms with E-state index in [9.17, 15) is 20.3 Å². The lowest BCUT2D eigenvalue weighted by molar-refractivity contribution is 0.0135. The number of carbonyl (C=O) groups is 1. The number of fused-ring (bicyclic) bond motifs is 3. The largest absolute Gasteiger partial charge is 0.449 e. The third-order valence-electron chi connectivity index (χ3n) is 6.06. The van der Waals surface area contributed by atoms with Crippen molar-refractivity contribution >= 4 is 6.09 Å². The monoisotopic (exact) mass is 442 g/mol. The van der Waals surface area contributed by atoms with Crippen LogP contribution in [0.2, 0.25) is 0 Å². The van der Waals surface area contributed by atoms with Gasteiger partial charge in [-0.05, 0) is 41.7 Å². The van der Waals surface area contributed by atoms with Crippen molar-refractivity contribution in [3.8, 4) is 17.2 Å². The summed E-state index contributed by atoms with van der Waals surface area (Å²) >= 11 is 0. The van der Waals surface area contributed by atoms with Crippen LogP contribution in [0.5, 0.6) is 0 Å². The number of nitrogens with one attached hydrogen (secondary N) is 1. The number of aliphatic hydroxyl groups is 2. The lowest BCUT2D eigenvalue weighted by atomic mass is 9.96. The van der Waals surface area contributed by atoms with Crippen LogP contribution in [0, 0.1) is 18.3 Å². The number of aryl methyl sites for hydroxylation is 1. The van der Waals surface area contributed by atoms with E-state index < -0.39 is 18.3 Å². The van der Waals surface area contributed by atoms with Crippen molar-refractivity contribution in [3.63, 3.8) is 0 Å². The number of alkyl carbamates (subject to hydrolysis) is 1. The standard InChI is InChI=1S/C27H26N2O4/c1-17-10-11-18(15-28)23(14-17)26(31)25(30)12-13-29-27(32)33-16-24-21-8-4-2-6-19(21)20-7-3-5-9-22(20)24/h2-11,14,24-26,30-31H,12-13,16H2,1H3,(H,29,32). The fourth-order valence-corrected chi connectivity index (χ4v) is 4.37. The molecule has 6 nitrogen and oxygen atoms in total. The van der Waals surface area contributed by atoms with Crippen LogP contribution in [0.4, 0.5) is 4.79 Å². The van der Waals surface area contributed by atoms with Crippen molar-refractivity contribution < 1.29 is 19.7 Å². The summed E-state index contributed by atoms with van der Waals surface area (Å²) in [6, 6.07) is 23.3. The second kappa shape index (κ2) is 9.86. The van der Waals surface area contributed by atoms with Crippen molar-refractivity contribution in [2.75, 3.05) is 13.2 Å². The van der Waals surface area contributed by atoms with Crippen molar-refractivity contribution in [2.45, 2.75) is 31.5 Å². The van der Waals surface area contributed by atoms with Crippen LogP contribution in [-0.4, -0.2) is 35.6 Å². The number of carbonyl (C=O) groups excluding carboxylic acids is 1. The summed E-state index contributed by atoms with van der Waals surface area (Å²) in [6.45, 7) is 2.19. The Hall–Kier alpha value is -3.66. The molecule has 0 heterocycles. The Morgan fingerprint density at radius 2 is 1.70 bits per heavy atom. The predicted molar refractivity (Wildman–Crippen MR) is 125 cm³/mol. The normalized spacial score (nSPS) is 14.0. The molecule has 1 amide bonds. The molecule has 0 aliphatic heterocycles. The first-order valence-corrected chi connectivity index (χ1v) is 10.9. The van der Waals surface area contributed by atoms with Gasteiger partial charge in [-0.15, -0.1) is 0 Å². The van der Waals surface area contributed by atoms with Crippen molar-refractivity contribution in [2.24, 2.45) is 0 Å². The zero-order valence-corrected chi connectivity index (χ0v) is 18.4. The number of aliphatic hydroxyl groups excluding tert-OH is 2. The Bertz CT molecular complexity index is 1160. The fourth-order valence-electron chi connectivity index (χ4n) is 4.37. The molecule has 33 heavy (non-hydrogen) atoms. The number of nitrogens with zero attached hydrogens (tertiary/aromatic N) is 1. The smallest absolute Gasteiger partial charge is 0.407 e. The molecule has 0 radical (unpaired) electrons. The van der Waals surface area contributed by atoms with Crippen molar-refractivity contribution in [3.05, 3.63) is 94.5 Å². The molecule has 3 aromatic carbocycles. The van der Waals surface area contributed by atoms with Crippen LogP contribution in [0.3, 0.4) is 0 Å². The second-order valence-electron chi connectivity index (χ2n) is 8.26. The van der Waals surface area contributed by atoms with E-state index in [1.165, 1.54) is 0 Å². The number of hydrogen-bond donors (Lipinski definition) is 3. The van der Waals surface area contributed by atoms with Crippen LogP contribution in [0.15, 0.2) is 66.7 Å². The molecule has 3 aromatic rings. The summed E-state index contributed by atoms with van der Waals surface area (Å²) in [6.07, 6.45) is -2.81. The molecule has 1 aliphatic rings. The number of benzene rings is 3. The van der Waals surface area contributed by atoms with E-state index in [4.69, 9.17) is 4.74 Å². The van der Waals surface area contributed by atoms with E-state index in [1.807, 2.05) is 37.3 Å². The van der Waals surface area contributed by atoms with Gasteiger partial charge < -0.3 is 20.3 Å². The molecule has 0 aromatic heterocycles. The lowest BCUT2D eigenvalue weighted by Crippen LogP contribution is -2.30. The molecule has 3 N–H and O–H groups in total. The van der Waals surface area contributed by atoms with E-state index in [2.05, 4.69) is 29.6 Å². The molecular formula is C27H26N2O4. The van der Waals surface area contributed by atoms with E-state index in [0.717, 1.165) is 27.8 Å².